The van der Waals surface area contributed by atoms with E-state index in [2.05, 4.69) is 24.5 Å². The van der Waals surface area contributed by atoms with Gasteiger partial charge in [-0.1, -0.05) is 58.8 Å². The van der Waals surface area contributed by atoms with Crippen LogP contribution in [0.2, 0.25) is 0 Å². The van der Waals surface area contributed by atoms with Gasteiger partial charge in [0, 0.05) is 6.54 Å². The molecule has 1 aliphatic heterocycles. The summed E-state index contributed by atoms with van der Waals surface area (Å²) in [7, 11) is 0. The molecule has 10 nitrogen and oxygen atoms in total. The summed E-state index contributed by atoms with van der Waals surface area (Å²) >= 11 is 0. The highest BCUT2D eigenvalue weighted by atomic mass is 16.6. The smallest absolute Gasteiger partial charge is 0.408 e. The molecule has 0 aromatic heterocycles. The van der Waals surface area contributed by atoms with Crippen LogP contribution in [0.25, 0.3) is 0 Å². The number of nitrogens with two attached hydrogens (primary N) is 1. The third kappa shape index (κ3) is 6.18. The van der Waals surface area contributed by atoms with E-state index in [4.69, 9.17) is 10.5 Å². The molecule has 4 aliphatic carbocycles. The Bertz CT molecular complexity index is 1100. The van der Waals surface area contributed by atoms with Gasteiger partial charge >= 0.3 is 6.09 Å². The Kier molecular flexibility index (Phi) is 8.40. The van der Waals surface area contributed by atoms with Crippen molar-refractivity contribution >= 4 is 29.6 Å². The van der Waals surface area contributed by atoms with Crippen LogP contribution in [0.15, 0.2) is 0 Å². The molecular weight excluding hydrogens is 536 g/mol. The number of carbonyl (C=O) groups excluding carboxylic acids is 5. The number of primary amides is 1. The summed E-state index contributed by atoms with van der Waals surface area (Å²) in [6, 6.07) is -2.57. The number of likely N-dealkylation sites (tertiary alicyclic amines) is 1. The number of alkyl carbamates (subject to hydrolysis) is 1. The van der Waals surface area contributed by atoms with Crippen molar-refractivity contribution in [1.82, 2.24) is 15.5 Å². The van der Waals surface area contributed by atoms with E-state index in [1.54, 1.807) is 25.7 Å². The van der Waals surface area contributed by atoms with Crippen molar-refractivity contribution in [2.75, 3.05) is 6.54 Å². The molecule has 4 saturated carbocycles. The van der Waals surface area contributed by atoms with E-state index in [9.17, 15) is 24.0 Å². The summed E-state index contributed by atoms with van der Waals surface area (Å²) in [6.07, 6.45) is 9.15. The van der Waals surface area contributed by atoms with Gasteiger partial charge in [0.25, 0.3) is 5.91 Å². The van der Waals surface area contributed by atoms with Crippen LogP contribution in [0.3, 0.4) is 0 Å². The van der Waals surface area contributed by atoms with Gasteiger partial charge in [-0.3, -0.25) is 19.2 Å². The summed E-state index contributed by atoms with van der Waals surface area (Å²) in [5, 5.41) is 5.77. The van der Waals surface area contributed by atoms with Crippen LogP contribution in [-0.2, 0) is 23.9 Å². The van der Waals surface area contributed by atoms with Crippen LogP contribution in [0.5, 0.6) is 0 Å². The number of ketones is 1. The lowest BCUT2D eigenvalue weighted by atomic mass is 9.80. The molecule has 5 aliphatic rings. The summed E-state index contributed by atoms with van der Waals surface area (Å²) < 4.78 is 5.57. The molecule has 4 amide bonds. The van der Waals surface area contributed by atoms with Crippen molar-refractivity contribution in [3.8, 4) is 0 Å². The molecule has 234 valence electrons. The van der Waals surface area contributed by atoms with Crippen molar-refractivity contribution < 1.29 is 28.7 Å². The Morgan fingerprint density at radius 3 is 2.10 bits per heavy atom. The molecule has 0 aromatic rings. The van der Waals surface area contributed by atoms with Gasteiger partial charge in [0.15, 0.2) is 0 Å². The molecule has 7 atom stereocenters. The van der Waals surface area contributed by atoms with Gasteiger partial charge in [0.1, 0.15) is 17.7 Å². The number of ether oxygens (including phenoxy) is 1. The van der Waals surface area contributed by atoms with E-state index in [0.29, 0.717) is 24.8 Å². The standard InChI is InChI=1S/C32H50N4O6/c1-31(2,3)42-30(41)35-24(20-14-18-11-6-7-12-19(18)15-20)29(40)36-16-21-23(32(21,4)5)25(36)28(39)34-22(26(37)27(33)38)13-17-9-8-10-17/h17-25H,6-16H2,1-5H3,(H2,33,38)(H,34,39)(H,35,41)/t18?,19?,20?,21-,22?,23-,24+,25+/m1/s1. The van der Waals surface area contributed by atoms with Crippen LogP contribution in [0.1, 0.15) is 98.8 Å². The fourth-order valence-corrected chi connectivity index (χ4v) is 8.58. The van der Waals surface area contributed by atoms with E-state index in [1.807, 2.05) is 0 Å². The summed E-state index contributed by atoms with van der Waals surface area (Å²) in [4.78, 5) is 67.6. The quantitative estimate of drug-likeness (QED) is 0.353. The number of amides is 4. The van der Waals surface area contributed by atoms with Crippen molar-refractivity contribution in [2.45, 2.75) is 123 Å². The summed E-state index contributed by atoms with van der Waals surface area (Å²) in [5.41, 5.74) is 4.50. The van der Waals surface area contributed by atoms with Crippen molar-refractivity contribution in [3.63, 3.8) is 0 Å². The third-order valence-electron chi connectivity index (χ3n) is 11.1. The molecule has 5 fully saturated rings. The Morgan fingerprint density at radius 1 is 0.952 bits per heavy atom. The van der Waals surface area contributed by atoms with Crippen molar-refractivity contribution in [3.05, 3.63) is 0 Å². The fourth-order valence-electron chi connectivity index (χ4n) is 8.58. The molecule has 10 heteroatoms. The average molecular weight is 587 g/mol. The second-order valence-electron chi connectivity index (χ2n) is 15.4. The van der Waals surface area contributed by atoms with E-state index in [-0.39, 0.29) is 35.0 Å². The number of Topliss-reactive ketones (excluding diaryl/α,β-unsaturated/α-hetero) is 1. The minimum atomic E-state index is -1.06. The molecule has 1 saturated heterocycles. The zero-order chi connectivity index (χ0) is 30.6. The lowest BCUT2D eigenvalue weighted by Crippen LogP contribution is -2.59. The first-order valence-electron chi connectivity index (χ1n) is 16.1. The zero-order valence-corrected chi connectivity index (χ0v) is 25.9. The zero-order valence-electron chi connectivity index (χ0n) is 25.9. The van der Waals surface area contributed by atoms with Crippen LogP contribution in [-0.4, -0.2) is 64.8 Å². The molecule has 1 heterocycles. The van der Waals surface area contributed by atoms with Gasteiger partial charge in [0.2, 0.25) is 17.6 Å². The molecule has 3 unspecified atom stereocenters. The monoisotopic (exact) mass is 586 g/mol. The Labute approximate surface area is 249 Å². The maximum atomic E-state index is 14.4. The van der Waals surface area contributed by atoms with Gasteiger partial charge in [-0.05, 0) is 81.0 Å². The first kappa shape index (κ1) is 30.8. The highest BCUT2D eigenvalue weighted by Crippen LogP contribution is 2.65. The Morgan fingerprint density at radius 2 is 1.57 bits per heavy atom. The Balaban J connectivity index is 1.38. The normalized spacial score (nSPS) is 32.9. The van der Waals surface area contributed by atoms with Crippen LogP contribution in [0, 0.1) is 40.9 Å². The average Bonchev–Trinajstić information content (AvgIpc) is 3.25. The molecular formula is C32H50N4O6. The van der Waals surface area contributed by atoms with Crippen molar-refractivity contribution in [2.24, 2.45) is 46.7 Å². The summed E-state index contributed by atoms with van der Waals surface area (Å²) in [6.45, 7) is 9.98. The maximum Gasteiger partial charge on any atom is 0.408 e. The highest BCUT2D eigenvalue weighted by Gasteiger charge is 2.70. The van der Waals surface area contributed by atoms with Gasteiger partial charge in [-0.25, -0.2) is 4.79 Å². The first-order chi connectivity index (χ1) is 19.7. The van der Waals surface area contributed by atoms with Gasteiger partial charge < -0.3 is 26.0 Å². The number of carbonyl (C=O) groups is 5. The van der Waals surface area contributed by atoms with Gasteiger partial charge in [0.05, 0.1) is 6.04 Å². The van der Waals surface area contributed by atoms with Crippen molar-refractivity contribution in [1.29, 1.82) is 0 Å². The predicted molar refractivity (Wildman–Crippen MR) is 156 cm³/mol. The lowest BCUT2D eigenvalue weighted by molar-refractivity contribution is -0.144. The fraction of sp³-hybridized carbons (Fsp3) is 0.844. The van der Waals surface area contributed by atoms with Crippen LogP contribution >= 0.6 is 0 Å². The number of piperidine rings is 1. The highest BCUT2D eigenvalue weighted by molar-refractivity contribution is 6.37. The number of nitrogens with one attached hydrogen (secondary N) is 2. The molecule has 0 aromatic carbocycles. The largest absolute Gasteiger partial charge is 0.444 e. The molecule has 0 bridgehead atoms. The molecule has 0 radical (unpaired) electrons. The van der Waals surface area contributed by atoms with Gasteiger partial charge in [-0.15, -0.1) is 0 Å². The minimum absolute atomic E-state index is 0.0328. The third-order valence-corrected chi connectivity index (χ3v) is 11.1. The number of rotatable bonds is 9. The number of nitrogens with zero attached hydrogens (tertiary/aromatic N) is 1. The molecule has 5 rings (SSSR count). The molecule has 42 heavy (non-hydrogen) atoms. The number of fused-ring (bicyclic) bond motifs is 2. The summed E-state index contributed by atoms with van der Waals surface area (Å²) in [5.74, 6) is -1.13. The second kappa shape index (κ2) is 11.5. The molecule has 0 spiro atoms. The van der Waals surface area contributed by atoms with E-state index >= 15 is 0 Å². The van der Waals surface area contributed by atoms with E-state index in [1.165, 1.54) is 12.8 Å². The molecule has 4 N–H and O–H groups in total. The lowest BCUT2D eigenvalue weighted by Gasteiger charge is -2.36. The number of hydrogen-bond donors (Lipinski definition) is 3. The first-order valence-corrected chi connectivity index (χ1v) is 16.1. The Hall–Kier alpha value is -2.65. The van der Waals surface area contributed by atoms with Crippen LogP contribution in [0.4, 0.5) is 4.79 Å². The minimum Gasteiger partial charge on any atom is -0.444 e. The maximum absolute atomic E-state index is 14.4. The second-order valence-corrected chi connectivity index (χ2v) is 15.4. The van der Waals surface area contributed by atoms with Crippen LogP contribution < -0.4 is 16.4 Å². The topological polar surface area (TPSA) is 148 Å². The predicted octanol–water partition coefficient (Wildman–Crippen LogP) is 3.31. The van der Waals surface area contributed by atoms with Gasteiger partial charge in [-0.2, -0.15) is 0 Å². The SMILES string of the molecule is CC(C)(C)OC(=O)N[C@H](C(=O)N1C[C@@H]2[C@H]([C@H]1C(=O)NC(CC1CCC1)C(=O)C(N)=O)C2(C)C)C1CC2CCCCC2C1. The van der Waals surface area contributed by atoms with E-state index < -0.39 is 47.4 Å². The number of hydrogen-bond acceptors (Lipinski definition) is 6. The van der Waals surface area contributed by atoms with E-state index in [0.717, 1.165) is 44.9 Å².